The summed E-state index contributed by atoms with van der Waals surface area (Å²) >= 11 is 0. The van der Waals surface area contributed by atoms with Crippen LogP contribution in [-0.4, -0.2) is 66.9 Å². The van der Waals surface area contributed by atoms with Gasteiger partial charge < -0.3 is 29.3 Å². The van der Waals surface area contributed by atoms with E-state index in [1.54, 1.807) is 35.4 Å². The van der Waals surface area contributed by atoms with Crippen molar-refractivity contribution in [2.24, 2.45) is 0 Å². The Kier molecular flexibility index (Phi) is 6.57. The molecule has 1 saturated heterocycles. The zero-order valence-corrected chi connectivity index (χ0v) is 19.3. The van der Waals surface area contributed by atoms with Crippen molar-refractivity contribution >= 4 is 23.5 Å². The standard InChI is InChI=1S/C24H30N4O5/c1-24(2,3)33-23(30)28-11-9-27(10-12-28)18-6-8-21(25-16-18)26-22(29)17-5-7-19-20(15-17)32-14-4-13-31-19/h5-8,15-16H,4,9-14H2,1-3H3,(H,25,26,29). The van der Waals surface area contributed by atoms with Crippen LogP contribution < -0.4 is 19.7 Å². The molecule has 0 radical (unpaired) electrons. The number of hydrogen-bond acceptors (Lipinski definition) is 7. The first-order chi connectivity index (χ1) is 15.8. The fourth-order valence-corrected chi connectivity index (χ4v) is 3.61. The number of anilines is 2. The zero-order valence-electron chi connectivity index (χ0n) is 19.3. The van der Waals surface area contributed by atoms with Crippen LogP contribution in [0.4, 0.5) is 16.3 Å². The van der Waals surface area contributed by atoms with E-state index in [0.717, 1.165) is 12.1 Å². The largest absolute Gasteiger partial charge is 0.490 e. The lowest BCUT2D eigenvalue weighted by atomic mass is 10.2. The number of amides is 2. The molecule has 33 heavy (non-hydrogen) atoms. The Morgan fingerprint density at radius 3 is 2.39 bits per heavy atom. The van der Waals surface area contributed by atoms with Crippen LogP contribution >= 0.6 is 0 Å². The molecule has 0 aliphatic carbocycles. The van der Waals surface area contributed by atoms with Gasteiger partial charge in [0.25, 0.3) is 5.91 Å². The number of carbonyl (C=O) groups is 2. The average molecular weight is 455 g/mol. The Morgan fingerprint density at radius 1 is 1.00 bits per heavy atom. The van der Waals surface area contributed by atoms with Crippen LogP contribution in [0.15, 0.2) is 36.5 Å². The molecule has 0 unspecified atom stereocenters. The van der Waals surface area contributed by atoms with Gasteiger partial charge in [0.1, 0.15) is 11.4 Å². The van der Waals surface area contributed by atoms with E-state index in [9.17, 15) is 9.59 Å². The minimum Gasteiger partial charge on any atom is -0.490 e. The van der Waals surface area contributed by atoms with E-state index in [2.05, 4.69) is 15.2 Å². The lowest BCUT2D eigenvalue weighted by Gasteiger charge is -2.36. The van der Waals surface area contributed by atoms with Crippen molar-refractivity contribution in [3.63, 3.8) is 0 Å². The number of nitrogens with zero attached hydrogens (tertiary/aromatic N) is 3. The topological polar surface area (TPSA) is 93.2 Å². The van der Waals surface area contributed by atoms with Gasteiger partial charge in [0, 0.05) is 38.2 Å². The first kappa shape index (κ1) is 22.7. The molecule has 0 atom stereocenters. The van der Waals surface area contributed by atoms with Crippen LogP contribution in [0.2, 0.25) is 0 Å². The van der Waals surface area contributed by atoms with Gasteiger partial charge >= 0.3 is 6.09 Å². The Hall–Kier alpha value is -3.49. The lowest BCUT2D eigenvalue weighted by Crippen LogP contribution is -2.50. The molecule has 2 aliphatic rings. The quantitative estimate of drug-likeness (QED) is 0.758. The summed E-state index contributed by atoms with van der Waals surface area (Å²) < 4.78 is 16.7. The van der Waals surface area contributed by atoms with Crippen molar-refractivity contribution in [3.05, 3.63) is 42.1 Å². The van der Waals surface area contributed by atoms with E-state index in [4.69, 9.17) is 14.2 Å². The molecule has 0 saturated carbocycles. The van der Waals surface area contributed by atoms with Crippen molar-refractivity contribution in [3.8, 4) is 11.5 Å². The maximum Gasteiger partial charge on any atom is 0.410 e. The van der Waals surface area contributed by atoms with Gasteiger partial charge in [-0.05, 0) is 51.1 Å². The molecule has 176 valence electrons. The summed E-state index contributed by atoms with van der Waals surface area (Å²) in [6.07, 6.45) is 2.25. The highest BCUT2D eigenvalue weighted by atomic mass is 16.6. The van der Waals surface area contributed by atoms with Gasteiger partial charge in [-0.25, -0.2) is 9.78 Å². The maximum absolute atomic E-state index is 12.7. The van der Waals surface area contributed by atoms with Gasteiger partial charge in [0.15, 0.2) is 11.5 Å². The molecule has 1 aromatic heterocycles. The van der Waals surface area contributed by atoms with Gasteiger partial charge in [0.05, 0.1) is 25.1 Å². The number of hydrogen-bond donors (Lipinski definition) is 1. The van der Waals surface area contributed by atoms with Crippen LogP contribution in [0.3, 0.4) is 0 Å². The third-order valence-corrected chi connectivity index (χ3v) is 5.30. The van der Waals surface area contributed by atoms with Crippen LogP contribution in [-0.2, 0) is 4.74 Å². The predicted octanol–water partition coefficient (Wildman–Crippen LogP) is 3.55. The molecule has 4 rings (SSSR count). The van der Waals surface area contributed by atoms with Crippen LogP contribution in [0, 0.1) is 0 Å². The van der Waals surface area contributed by atoms with E-state index in [-0.39, 0.29) is 12.0 Å². The SMILES string of the molecule is CC(C)(C)OC(=O)N1CCN(c2ccc(NC(=O)c3ccc4c(c3)OCCCO4)nc2)CC1. The Balaban J connectivity index is 1.32. The molecular formula is C24H30N4O5. The van der Waals surface area contributed by atoms with Crippen molar-refractivity contribution in [2.45, 2.75) is 32.8 Å². The first-order valence-electron chi connectivity index (χ1n) is 11.2. The molecule has 1 aromatic carbocycles. The number of pyridine rings is 1. The number of carbonyl (C=O) groups excluding carboxylic acids is 2. The number of fused-ring (bicyclic) bond motifs is 1. The van der Waals surface area contributed by atoms with E-state index < -0.39 is 5.60 Å². The van der Waals surface area contributed by atoms with E-state index in [1.807, 2.05) is 26.8 Å². The van der Waals surface area contributed by atoms with Gasteiger partial charge in [0.2, 0.25) is 0 Å². The molecule has 9 heteroatoms. The predicted molar refractivity (Wildman–Crippen MR) is 124 cm³/mol. The molecule has 2 amide bonds. The lowest BCUT2D eigenvalue weighted by molar-refractivity contribution is 0.0240. The van der Waals surface area contributed by atoms with Gasteiger partial charge in [-0.3, -0.25) is 4.79 Å². The second-order valence-electron chi connectivity index (χ2n) is 9.02. The highest BCUT2D eigenvalue weighted by Crippen LogP contribution is 2.30. The van der Waals surface area contributed by atoms with E-state index >= 15 is 0 Å². The van der Waals surface area contributed by atoms with Crippen molar-refractivity contribution < 1.29 is 23.8 Å². The van der Waals surface area contributed by atoms with E-state index in [1.165, 1.54) is 0 Å². The molecule has 1 fully saturated rings. The number of aromatic nitrogens is 1. The molecular weight excluding hydrogens is 424 g/mol. The average Bonchev–Trinajstić information content (AvgIpc) is 3.03. The van der Waals surface area contributed by atoms with Crippen molar-refractivity contribution in [2.75, 3.05) is 49.6 Å². The zero-order chi connectivity index (χ0) is 23.4. The van der Waals surface area contributed by atoms with Gasteiger partial charge in [-0.15, -0.1) is 0 Å². The van der Waals surface area contributed by atoms with Crippen LogP contribution in [0.1, 0.15) is 37.6 Å². The summed E-state index contributed by atoms with van der Waals surface area (Å²) in [6.45, 7) is 9.29. The van der Waals surface area contributed by atoms with E-state index in [0.29, 0.717) is 62.3 Å². The third kappa shape index (κ3) is 5.85. The number of benzene rings is 1. The molecule has 0 bridgehead atoms. The monoisotopic (exact) mass is 454 g/mol. The van der Waals surface area contributed by atoms with Crippen LogP contribution in [0.25, 0.3) is 0 Å². The number of piperazine rings is 1. The summed E-state index contributed by atoms with van der Waals surface area (Å²) in [7, 11) is 0. The highest BCUT2D eigenvalue weighted by Gasteiger charge is 2.26. The molecule has 0 spiro atoms. The van der Waals surface area contributed by atoms with Crippen LogP contribution in [0.5, 0.6) is 11.5 Å². The molecule has 3 heterocycles. The Labute approximate surface area is 193 Å². The summed E-state index contributed by atoms with van der Waals surface area (Å²) in [5.74, 6) is 1.42. The van der Waals surface area contributed by atoms with Gasteiger partial charge in [-0.2, -0.15) is 0 Å². The summed E-state index contributed by atoms with van der Waals surface area (Å²) in [6, 6.07) is 8.84. The third-order valence-electron chi connectivity index (χ3n) is 5.30. The minimum atomic E-state index is -0.502. The van der Waals surface area contributed by atoms with Gasteiger partial charge in [-0.1, -0.05) is 0 Å². The number of rotatable bonds is 3. The molecule has 9 nitrogen and oxygen atoms in total. The minimum absolute atomic E-state index is 0.267. The first-order valence-corrected chi connectivity index (χ1v) is 11.2. The second kappa shape index (κ2) is 9.56. The fraction of sp³-hybridized carbons (Fsp3) is 0.458. The summed E-state index contributed by atoms with van der Waals surface area (Å²) in [5, 5.41) is 2.82. The number of ether oxygens (including phenoxy) is 3. The molecule has 2 aromatic rings. The summed E-state index contributed by atoms with van der Waals surface area (Å²) in [5.41, 5.74) is 0.910. The number of nitrogens with one attached hydrogen (secondary N) is 1. The maximum atomic E-state index is 12.7. The molecule has 1 N–H and O–H groups in total. The molecule has 2 aliphatic heterocycles. The fourth-order valence-electron chi connectivity index (χ4n) is 3.61. The normalized spacial score (nSPS) is 16.1. The Morgan fingerprint density at radius 2 is 1.73 bits per heavy atom. The summed E-state index contributed by atoms with van der Waals surface area (Å²) in [4.78, 5) is 33.2. The van der Waals surface area contributed by atoms with Crippen molar-refractivity contribution in [1.82, 2.24) is 9.88 Å². The smallest absolute Gasteiger partial charge is 0.410 e. The highest BCUT2D eigenvalue weighted by molar-refractivity contribution is 6.04. The Bertz CT molecular complexity index is 995. The van der Waals surface area contributed by atoms with Crippen molar-refractivity contribution in [1.29, 1.82) is 0 Å². The second-order valence-corrected chi connectivity index (χ2v) is 9.02.